The lowest BCUT2D eigenvalue weighted by atomic mass is 10.2. The van der Waals surface area contributed by atoms with Crippen LogP contribution in [0.4, 0.5) is 11.4 Å². The van der Waals surface area contributed by atoms with E-state index in [4.69, 9.17) is 22.1 Å². The van der Waals surface area contributed by atoms with Gasteiger partial charge in [-0.05, 0) is 12.1 Å². The number of ether oxygens (including phenoxy) is 1. The van der Waals surface area contributed by atoms with Gasteiger partial charge in [-0.2, -0.15) is 0 Å². The van der Waals surface area contributed by atoms with E-state index < -0.39 is 10.0 Å². The van der Waals surface area contributed by atoms with E-state index in [1.54, 1.807) is 18.2 Å². The number of benzene rings is 1. The SMILES string of the molecule is COc1ccc(NS(C)(=O)=O)c(N=C(N)CCl)c1. The summed E-state index contributed by atoms with van der Waals surface area (Å²) in [7, 11) is -1.90. The summed E-state index contributed by atoms with van der Waals surface area (Å²) >= 11 is 5.54. The number of nitrogens with zero attached hydrogens (tertiary/aromatic N) is 1. The Hall–Kier alpha value is -1.47. The van der Waals surface area contributed by atoms with Gasteiger partial charge in [-0.1, -0.05) is 0 Å². The maximum absolute atomic E-state index is 11.2. The first-order chi connectivity index (χ1) is 8.35. The fourth-order valence-corrected chi connectivity index (χ4v) is 1.83. The minimum Gasteiger partial charge on any atom is -0.497 e. The van der Waals surface area contributed by atoms with E-state index >= 15 is 0 Å². The molecule has 3 N–H and O–H groups in total. The lowest BCUT2D eigenvalue weighted by Gasteiger charge is -2.09. The zero-order chi connectivity index (χ0) is 13.8. The van der Waals surface area contributed by atoms with E-state index in [0.29, 0.717) is 17.1 Å². The van der Waals surface area contributed by atoms with Crippen LogP contribution in [0.3, 0.4) is 0 Å². The molecule has 1 aromatic rings. The zero-order valence-corrected chi connectivity index (χ0v) is 11.5. The lowest BCUT2D eigenvalue weighted by molar-refractivity contribution is 0.415. The predicted octanol–water partition coefficient (Wildman–Crippen LogP) is 1.29. The van der Waals surface area contributed by atoms with Crippen molar-refractivity contribution in [3.8, 4) is 5.75 Å². The molecule has 0 amide bonds. The maximum atomic E-state index is 11.2. The number of rotatable bonds is 5. The molecule has 8 heteroatoms. The summed E-state index contributed by atoms with van der Waals surface area (Å²) < 4.78 is 29.8. The summed E-state index contributed by atoms with van der Waals surface area (Å²) in [6, 6.07) is 4.72. The largest absolute Gasteiger partial charge is 0.497 e. The van der Waals surface area contributed by atoms with E-state index in [0.717, 1.165) is 6.26 Å². The van der Waals surface area contributed by atoms with Crippen molar-refractivity contribution in [3.05, 3.63) is 18.2 Å². The minimum atomic E-state index is -3.40. The number of sulfonamides is 1. The van der Waals surface area contributed by atoms with Gasteiger partial charge in [0.2, 0.25) is 10.0 Å². The first kappa shape index (κ1) is 14.6. The highest BCUT2D eigenvalue weighted by atomic mass is 35.5. The van der Waals surface area contributed by atoms with Gasteiger partial charge in [-0.25, -0.2) is 13.4 Å². The highest BCUT2D eigenvalue weighted by molar-refractivity contribution is 7.92. The van der Waals surface area contributed by atoms with Crippen molar-refractivity contribution < 1.29 is 13.2 Å². The number of nitrogens with one attached hydrogen (secondary N) is 1. The molecule has 100 valence electrons. The molecule has 0 atom stereocenters. The average molecular weight is 292 g/mol. The number of hydrogen-bond acceptors (Lipinski definition) is 4. The second kappa shape index (κ2) is 5.92. The molecule has 0 saturated heterocycles. The van der Waals surface area contributed by atoms with Crippen LogP contribution in [-0.4, -0.2) is 33.5 Å². The summed E-state index contributed by atoms with van der Waals surface area (Å²) in [5.74, 6) is 0.770. The summed E-state index contributed by atoms with van der Waals surface area (Å²) in [4.78, 5) is 4.03. The third-order valence-corrected chi connectivity index (χ3v) is 2.77. The standard InChI is InChI=1S/C10H14ClN3O3S/c1-17-7-3-4-8(14-18(2,15)16)9(5-7)13-10(12)6-11/h3-5,14H,6H2,1-2H3,(H2,12,13). The number of aliphatic imine (C=N–C) groups is 1. The lowest BCUT2D eigenvalue weighted by Crippen LogP contribution is -2.13. The van der Waals surface area contributed by atoms with Crippen molar-refractivity contribution in [1.82, 2.24) is 0 Å². The Morgan fingerprint density at radius 3 is 2.72 bits per heavy atom. The van der Waals surface area contributed by atoms with Gasteiger partial charge < -0.3 is 10.5 Å². The molecule has 0 aliphatic heterocycles. The molecule has 0 fully saturated rings. The molecule has 0 aliphatic carbocycles. The van der Waals surface area contributed by atoms with Crippen molar-refractivity contribution >= 4 is 38.8 Å². The van der Waals surface area contributed by atoms with Crippen LogP contribution < -0.4 is 15.2 Å². The molecule has 1 aromatic carbocycles. The van der Waals surface area contributed by atoms with E-state index in [2.05, 4.69) is 9.71 Å². The highest BCUT2D eigenvalue weighted by Gasteiger charge is 2.09. The molecule has 0 bridgehead atoms. The van der Waals surface area contributed by atoms with Gasteiger partial charge >= 0.3 is 0 Å². The molecule has 1 rings (SSSR count). The number of methoxy groups -OCH3 is 1. The van der Waals surface area contributed by atoms with Crippen molar-refractivity contribution in [2.24, 2.45) is 10.7 Å². The van der Waals surface area contributed by atoms with E-state index in [9.17, 15) is 8.42 Å². The van der Waals surface area contributed by atoms with Crippen LogP contribution in [0.5, 0.6) is 5.75 Å². The molecule has 0 unspecified atom stereocenters. The quantitative estimate of drug-likeness (QED) is 0.486. The Balaban J connectivity index is 3.25. The van der Waals surface area contributed by atoms with Gasteiger partial charge in [0, 0.05) is 6.07 Å². The Morgan fingerprint density at radius 1 is 1.56 bits per heavy atom. The molecule has 0 spiro atoms. The Bertz CT molecular complexity index is 557. The molecule has 0 heterocycles. The summed E-state index contributed by atoms with van der Waals surface area (Å²) in [5, 5.41) is 0. The van der Waals surface area contributed by atoms with Crippen LogP contribution in [0.25, 0.3) is 0 Å². The Morgan fingerprint density at radius 2 is 2.22 bits per heavy atom. The first-order valence-corrected chi connectivity index (χ1v) is 7.33. The van der Waals surface area contributed by atoms with Crippen molar-refractivity contribution in [1.29, 1.82) is 0 Å². The fourth-order valence-electron chi connectivity index (χ4n) is 1.20. The van der Waals surface area contributed by atoms with Gasteiger partial charge in [-0.15, -0.1) is 11.6 Å². The topological polar surface area (TPSA) is 93.8 Å². The van der Waals surface area contributed by atoms with Gasteiger partial charge in [0.1, 0.15) is 11.6 Å². The Kier molecular flexibility index (Phi) is 4.80. The van der Waals surface area contributed by atoms with Crippen LogP contribution in [0.15, 0.2) is 23.2 Å². The van der Waals surface area contributed by atoms with Crippen molar-refractivity contribution in [2.75, 3.05) is 24.0 Å². The second-order valence-electron chi connectivity index (χ2n) is 3.49. The van der Waals surface area contributed by atoms with Gasteiger partial charge in [0.15, 0.2) is 0 Å². The van der Waals surface area contributed by atoms with Crippen LogP contribution in [-0.2, 0) is 10.0 Å². The molecule has 18 heavy (non-hydrogen) atoms. The van der Waals surface area contributed by atoms with Crippen LogP contribution >= 0.6 is 11.6 Å². The van der Waals surface area contributed by atoms with Gasteiger partial charge in [0.05, 0.1) is 30.6 Å². The third-order valence-electron chi connectivity index (χ3n) is 1.90. The molecule has 0 radical (unpaired) electrons. The number of anilines is 1. The van der Waals surface area contributed by atoms with E-state index in [1.807, 2.05) is 0 Å². The number of hydrogen-bond donors (Lipinski definition) is 2. The van der Waals surface area contributed by atoms with Crippen molar-refractivity contribution in [2.45, 2.75) is 0 Å². The molecule has 0 aromatic heterocycles. The zero-order valence-electron chi connectivity index (χ0n) is 9.97. The van der Waals surface area contributed by atoms with E-state index in [-0.39, 0.29) is 11.7 Å². The smallest absolute Gasteiger partial charge is 0.229 e. The highest BCUT2D eigenvalue weighted by Crippen LogP contribution is 2.30. The first-order valence-electron chi connectivity index (χ1n) is 4.90. The van der Waals surface area contributed by atoms with Gasteiger partial charge in [0.25, 0.3) is 0 Å². The molecule has 0 aliphatic rings. The number of nitrogens with two attached hydrogens (primary N) is 1. The number of amidine groups is 1. The Labute approximate surface area is 111 Å². The summed E-state index contributed by atoms with van der Waals surface area (Å²) in [6.45, 7) is 0. The molecule has 0 saturated carbocycles. The fraction of sp³-hybridized carbons (Fsp3) is 0.300. The van der Waals surface area contributed by atoms with Gasteiger partial charge in [-0.3, -0.25) is 4.72 Å². The number of alkyl halides is 1. The molecule has 6 nitrogen and oxygen atoms in total. The second-order valence-corrected chi connectivity index (χ2v) is 5.51. The van der Waals surface area contributed by atoms with Crippen LogP contribution in [0, 0.1) is 0 Å². The normalized spacial score (nSPS) is 12.3. The average Bonchev–Trinajstić information content (AvgIpc) is 2.29. The monoisotopic (exact) mass is 291 g/mol. The van der Waals surface area contributed by atoms with Crippen LogP contribution in [0.1, 0.15) is 0 Å². The molecular formula is C10H14ClN3O3S. The van der Waals surface area contributed by atoms with Crippen LogP contribution in [0.2, 0.25) is 0 Å². The summed E-state index contributed by atoms with van der Waals surface area (Å²) in [6.07, 6.45) is 1.05. The third kappa shape index (κ3) is 4.42. The summed E-state index contributed by atoms with van der Waals surface area (Å²) in [5.41, 5.74) is 6.19. The predicted molar refractivity (Wildman–Crippen MR) is 73.5 cm³/mol. The maximum Gasteiger partial charge on any atom is 0.229 e. The van der Waals surface area contributed by atoms with E-state index in [1.165, 1.54) is 7.11 Å². The molecular weight excluding hydrogens is 278 g/mol. The minimum absolute atomic E-state index is 0.0511. The van der Waals surface area contributed by atoms with Crippen molar-refractivity contribution in [3.63, 3.8) is 0 Å². The number of halogens is 1.